The normalized spacial score (nSPS) is 14.2. The molecule has 0 radical (unpaired) electrons. The quantitative estimate of drug-likeness (QED) is 0.471. The van der Waals surface area contributed by atoms with Crippen molar-refractivity contribution >= 4 is 0 Å². The van der Waals surface area contributed by atoms with Crippen LogP contribution in [0.1, 0.15) is 59.3 Å². The summed E-state index contributed by atoms with van der Waals surface area (Å²) in [5.74, 6) is 0.905. The summed E-state index contributed by atoms with van der Waals surface area (Å²) in [6.45, 7) is 6.49. The highest BCUT2D eigenvalue weighted by Gasteiger charge is 2.04. The van der Waals surface area contributed by atoms with Gasteiger partial charge in [0.15, 0.2) is 0 Å². The van der Waals surface area contributed by atoms with Gasteiger partial charge in [0.05, 0.1) is 0 Å². The number of hydrogen-bond donors (Lipinski definition) is 0. The first-order valence-corrected chi connectivity index (χ1v) is 6.07. The van der Waals surface area contributed by atoms with Crippen LogP contribution in [0.4, 0.5) is 0 Å². The Hall–Kier alpha value is -0.520. The molecule has 1 unspecified atom stereocenters. The molecule has 0 bridgehead atoms. The van der Waals surface area contributed by atoms with E-state index in [1.165, 1.54) is 38.5 Å². The van der Waals surface area contributed by atoms with E-state index in [0.29, 0.717) is 0 Å². The second kappa shape index (κ2) is 10.6. The molecule has 0 aliphatic carbocycles. The van der Waals surface area contributed by atoms with E-state index < -0.39 is 0 Å². The predicted octanol–water partition coefficient (Wildman–Crippen LogP) is 5.12. The van der Waals surface area contributed by atoms with Gasteiger partial charge >= 0.3 is 0 Å². The van der Waals surface area contributed by atoms with Gasteiger partial charge in [-0.25, -0.2) is 0 Å². The Morgan fingerprint density at radius 2 is 1.71 bits per heavy atom. The van der Waals surface area contributed by atoms with Gasteiger partial charge in [-0.15, -0.1) is 0 Å². The summed E-state index contributed by atoms with van der Waals surface area (Å²) in [5, 5.41) is 0. The molecule has 82 valence electrons. The van der Waals surface area contributed by atoms with E-state index in [0.717, 1.165) is 5.92 Å². The van der Waals surface area contributed by atoms with Crippen LogP contribution in [-0.2, 0) is 0 Å². The molecule has 0 aromatic heterocycles. The van der Waals surface area contributed by atoms with E-state index in [4.69, 9.17) is 0 Å². The van der Waals surface area contributed by atoms with Gasteiger partial charge in [-0.05, 0) is 39.0 Å². The lowest BCUT2D eigenvalue weighted by molar-refractivity contribution is 0.441. The second-order valence-electron chi connectivity index (χ2n) is 3.96. The van der Waals surface area contributed by atoms with Gasteiger partial charge in [-0.3, -0.25) is 0 Å². The summed E-state index contributed by atoms with van der Waals surface area (Å²) in [4.78, 5) is 0. The first-order chi connectivity index (χ1) is 6.85. The zero-order chi connectivity index (χ0) is 10.6. The molecule has 0 amide bonds. The summed E-state index contributed by atoms with van der Waals surface area (Å²) in [7, 11) is 0. The minimum absolute atomic E-state index is 0.905. The van der Waals surface area contributed by atoms with Crippen molar-refractivity contribution < 1.29 is 0 Å². The molecule has 0 N–H and O–H groups in total. The van der Waals surface area contributed by atoms with Gasteiger partial charge in [-0.1, -0.05) is 50.5 Å². The van der Waals surface area contributed by atoms with Crippen LogP contribution in [0.5, 0.6) is 0 Å². The molecule has 0 spiro atoms. The number of allylic oxidation sites excluding steroid dienone is 4. The van der Waals surface area contributed by atoms with Gasteiger partial charge in [0, 0.05) is 0 Å². The van der Waals surface area contributed by atoms with E-state index in [2.05, 4.69) is 45.1 Å². The molecule has 0 nitrogen and oxygen atoms in total. The minimum atomic E-state index is 0.905. The molecule has 0 heterocycles. The van der Waals surface area contributed by atoms with Crippen molar-refractivity contribution in [2.45, 2.75) is 59.3 Å². The maximum Gasteiger partial charge on any atom is -0.0322 e. The van der Waals surface area contributed by atoms with Crippen molar-refractivity contribution in [3.8, 4) is 0 Å². The van der Waals surface area contributed by atoms with Gasteiger partial charge in [0.2, 0.25) is 0 Å². The third-order valence-electron chi connectivity index (χ3n) is 2.65. The van der Waals surface area contributed by atoms with Crippen LogP contribution in [0.3, 0.4) is 0 Å². The third kappa shape index (κ3) is 8.10. The number of unbranched alkanes of at least 4 members (excludes halogenated alkanes) is 1. The highest BCUT2D eigenvalue weighted by molar-refractivity contribution is 4.83. The van der Waals surface area contributed by atoms with Gasteiger partial charge in [-0.2, -0.15) is 0 Å². The van der Waals surface area contributed by atoms with E-state index >= 15 is 0 Å². The molecule has 0 aromatic rings. The van der Waals surface area contributed by atoms with E-state index in [9.17, 15) is 0 Å². The molecule has 0 aliphatic heterocycles. The smallest absolute Gasteiger partial charge is 0.0322 e. The van der Waals surface area contributed by atoms with Crippen LogP contribution in [0, 0.1) is 5.92 Å². The van der Waals surface area contributed by atoms with Crippen molar-refractivity contribution in [2.24, 2.45) is 5.92 Å². The Kier molecular flexibility index (Phi) is 10.2. The van der Waals surface area contributed by atoms with Crippen LogP contribution in [0.2, 0.25) is 0 Å². The summed E-state index contributed by atoms with van der Waals surface area (Å²) in [6.07, 6.45) is 16.9. The second-order valence-corrected chi connectivity index (χ2v) is 3.96. The molecule has 0 rings (SSSR count). The van der Waals surface area contributed by atoms with Crippen molar-refractivity contribution in [1.29, 1.82) is 0 Å². The van der Waals surface area contributed by atoms with E-state index in [-0.39, 0.29) is 0 Å². The van der Waals surface area contributed by atoms with Crippen LogP contribution in [0.25, 0.3) is 0 Å². The maximum atomic E-state index is 2.32. The summed E-state index contributed by atoms with van der Waals surface area (Å²) < 4.78 is 0. The van der Waals surface area contributed by atoms with Crippen LogP contribution >= 0.6 is 0 Å². The zero-order valence-corrected chi connectivity index (χ0v) is 10.1. The van der Waals surface area contributed by atoms with E-state index in [1.807, 2.05) is 0 Å². The molecule has 0 heteroatoms. The zero-order valence-electron chi connectivity index (χ0n) is 10.1. The Morgan fingerprint density at radius 3 is 2.29 bits per heavy atom. The molecule has 14 heavy (non-hydrogen) atoms. The Balaban J connectivity index is 3.71. The summed E-state index contributed by atoms with van der Waals surface area (Å²) in [6, 6.07) is 0. The van der Waals surface area contributed by atoms with Crippen molar-refractivity contribution in [3.63, 3.8) is 0 Å². The lowest BCUT2D eigenvalue weighted by Gasteiger charge is -2.13. The molecular weight excluding hydrogens is 168 g/mol. The third-order valence-corrected chi connectivity index (χ3v) is 2.65. The molecule has 0 fully saturated rings. The SMILES string of the molecule is C/C=C\CCC(C/C=C/C)CCCC. The molecular formula is C14H26. The van der Waals surface area contributed by atoms with Crippen LogP contribution in [-0.4, -0.2) is 0 Å². The van der Waals surface area contributed by atoms with Crippen molar-refractivity contribution in [1.82, 2.24) is 0 Å². The fourth-order valence-corrected chi connectivity index (χ4v) is 1.70. The Bertz CT molecular complexity index is 153. The molecule has 0 aromatic carbocycles. The first-order valence-electron chi connectivity index (χ1n) is 6.07. The fourth-order valence-electron chi connectivity index (χ4n) is 1.70. The van der Waals surface area contributed by atoms with Gasteiger partial charge in [0.1, 0.15) is 0 Å². The van der Waals surface area contributed by atoms with E-state index in [1.54, 1.807) is 0 Å². The average Bonchev–Trinajstić information content (AvgIpc) is 2.21. The molecule has 0 saturated heterocycles. The predicted molar refractivity (Wildman–Crippen MR) is 66.5 cm³/mol. The minimum Gasteiger partial charge on any atom is -0.0917 e. The lowest BCUT2D eigenvalue weighted by atomic mass is 9.93. The molecule has 1 atom stereocenters. The lowest BCUT2D eigenvalue weighted by Crippen LogP contribution is -1.98. The van der Waals surface area contributed by atoms with Crippen LogP contribution < -0.4 is 0 Å². The standard InChI is InChI=1S/C14H26/c1-4-7-10-13-14(11-8-5-2)12-9-6-3/h4-5,7-8,14H,6,9-13H2,1-3H3/b7-4-,8-5+. The summed E-state index contributed by atoms with van der Waals surface area (Å²) >= 11 is 0. The maximum absolute atomic E-state index is 2.32. The number of hydrogen-bond acceptors (Lipinski definition) is 0. The number of rotatable bonds is 8. The van der Waals surface area contributed by atoms with Crippen molar-refractivity contribution in [3.05, 3.63) is 24.3 Å². The van der Waals surface area contributed by atoms with Crippen LogP contribution in [0.15, 0.2) is 24.3 Å². The average molecular weight is 194 g/mol. The van der Waals surface area contributed by atoms with Crippen molar-refractivity contribution in [2.75, 3.05) is 0 Å². The monoisotopic (exact) mass is 194 g/mol. The summed E-state index contributed by atoms with van der Waals surface area (Å²) in [5.41, 5.74) is 0. The van der Waals surface area contributed by atoms with Gasteiger partial charge < -0.3 is 0 Å². The highest BCUT2D eigenvalue weighted by Crippen LogP contribution is 2.19. The fraction of sp³-hybridized carbons (Fsp3) is 0.714. The largest absolute Gasteiger partial charge is 0.0917 e. The highest BCUT2D eigenvalue weighted by atomic mass is 14.1. The Labute approximate surface area is 90.1 Å². The Morgan fingerprint density at radius 1 is 1.00 bits per heavy atom. The molecule has 0 saturated carbocycles. The van der Waals surface area contributed by atoms with Gasteiger partial charge in [0.25, 0.3) is 0 Å². The first kappa shape index (κ1) is 13.5. The molecule has 0 aliphatic rings. The topological polar surface area (TPSA) is 0 Å².